The van der Waals surface area contributed by atoms with Crippen molar-refractivity contribution < 1.29 is 9.90 Å². The van der Waals surface area contributed by atoms with Crippen LogP contribution in [0, 0.1) is 13.8 Å². The number of hydrogen-bond acceptors (Lipinski definition) is 5. The van der Waals surface area contributed by atoms with E-state index in [-0.39, 0.29) is 11.5 Å². The van der Waals surface area contributed by atoms with Gasteiger partial charge in [0.25, 0.3) is 5.56 Å². The zero-order valence-electron chi connectivity index (χ0n) is 14.2. The second-order valence-corrected chi connectivity index (χ2v) is 6.26. The molecule has 2 heterocycles. The molecule has 0 aliphatic carbocycles. The van der Waals surface area contributed by atoms with Gasteiger partial charge in [-0.05, 0) is 43.2 Å². The fourth-order valence-corrected chi connectivity index (χ4v) is 3.01. The maximum absolute atomic E-state index is 12.6. The number of carboxylic acid groups (broad SMARTS) is 1. The molecule has 0 bridgehead atoms. The molecule has 0 radical (unpaired) electrons. The van der Waals surface area contributed by atoms with Gasteiger partial charge in [0.1, 0.15) is 0 Å². The highest BCUT2D eigenvalue weighted by Crippen LogP contribution is 2.33. The van der Waals surface area contributed by atoms with Crippen molar-refractivity contribution in [2.24, 2.45) is 0 Å². The first kappa shape index (κ1) is 16.0. The molecule has 7 nitrogen and oxygen atoms in total. The maximum Gasteiger partial charge on any atom is 0.349 e. The molecule has 0 amide bonds. The minimum Gasteiger partial charge on any atom is -0.478 e. The fourth-order valence-electron chi connectivity index (χ4n) is 3.01. The molecule has 2 aromatic carbocycles. The van der Waals surface area contributed by atoms with Gasteiger partial charge in [-0.3, -0.25) is 4.79 Å². The zero-order chi connectivity index (χ0) is 18.4. The van der Waals surface area contributed by atoms with Crippen LogP contribution >= 0.6 is 0 Å². The molecule has 1 atom stereocenters. The lowest BCUT2D eigenvalue weighted by atomic mass is 10.0. The van der Waals surface area contributed by atoms with Gasteiger partial charge in [-0.2, -0.15) is 10.1 Å². The van der Waals surface area contributed by atoms with E-state index >= 15 is 0 Å². The number of nitrogens with one attached hydrogen (secondary N) is 1. The van der Waals surface area contributed by atoms with Crippen LogP contribution in [-0.2, 0) is 4.79 Å². The number of hydrogen-bond donors (Lipinski definition) is 2. The standard InChI is InChI=1S/C19H16N4O3/c1-10-7-8-12(9-11(10)2)15-18(24)21-16-13-5-3-4-6-14(13)20-17(19(25)26)23(16)22-15/h3-9,17,20H,1-2H3,(H,25,26)/t17-/m0/s1. The number of benzene rings is 2. The molecule has 130 valence electrons. The Morgan fingerprint density at radius 2 is 1.92 bits per heavy atom. The summed E-state index contributed by atoms with van der Waals surface area (Å²) in [6.45, 7) is 3.92. The number of aliphatic carboxylic acids is 1. The lowest BCUT2D eigenvalue weighted by molar-refractivity contribution is -0.140. The number of aromatic nitrogens is 3. The van der Waals surface area contributed by atoms with Gasteiger partial charge in [0.05, 0.1) is 0 Å². The smallest absolute Gasteiger partial charge is 0.349 e. The van der Waals surface area contributed by atoms with E-state index in [0.29, 0.717) is 16.8 Å². The number of aryl methyl sites for hydroxylation is 2. The van der Waals surface area contributed by atoms with Crippen LogP contribution in [0.4, 0.5) is 5.69 Å². The topological polar surface area (TPSA) is 97.1 Å². The molecule has 1 aromatic heterocycles. The van der Waals surface area contributed by atoms with Crippen LogP contribution in [0.15, 0.2) is 47.3 Å². The molecule has 0 saturated carbocycles. The summed E-state index contributed by atoms with van der Waals surface area (Å²) < 4.78 is 1.26. The summed E-state index contributed by atoms with van der Waals surface area (Å²) in [5, 5.41) is 16.9. The lowest BCUT2D eigenvalue weighted by Gasteiger charge is -2.27. The van der Waals surface area contributed by atoms with E-state index < -0.39 is 17.7 Å². The van der Waals surface area contributed by atoms with Crippen LogP contribution in [0.2, 0.25) is 0 Å². The van der Waals surface area contributed by atoms with Crippen LogP contribution in [0.1, 0.15) is 17.3 Å². The Bertz CT molecular complexity index is 1100. The molecule has 3 aromatic rings. The first-order chi connectivity index (χ1) is 12.5. The maximum atomic E-state index is 12.6. The van der Waals surface area contributed by atoms with Gasteiger partial charge in [-0.25, -0.2) is 9.48 Å². The van der Waals surface area contributed by atoms with Crippen LogP contribution in [0.25, 0.3) is 22.6 Å². The number of para-hydroxylation sites is 1. The molecule has 1 aliphatic rings. The summed E-state index contributed by atoms with van der Waals surface area (Å²) in [6.07, 6.45) is -1.14. The van der Waals surface area contributed by atoms with Gasteiger partial charge in [0.15, 0.2) is 11.5 Å². The van der Waals surface area contributed by atoms with Gasteiger partial charge in [-0.1, -0.05) is 24.3 Å². The molecular formula is C19H16N4O3. The van der Waals surface area contributed by atoms with Crippen LogP contribution < -0.4 is 10.9 Å². The fraction of sp³-hybridized carbons (Fsp3) is 0.158. The second-order valence-electron chi connectivity index (χ2n) is 6.26. The molecule has 2 N–H and O–H groups in total. The highest BCUT2D eigenvalue weighted by molar-refractivity contribution is 5.84. The van der Waals surface area contributed by atoms with Crippen molar-refractivity contribution in [3.8, 4) is 22.6 Å². The zero-order valence-corrected chi connectivity index (χ0v) is 14.2. The van der Waals surface area contributed by atoms with Gasteiger partial charge in [-0.15, -0.1) is 0 Å². The van der Waals surface area contributed by atoms with E-state index in [1.54, 1.807) is 30.3 Å². The molecule has 1 aliphatic heterocycles. The number of carboxylic acids is 1. The summed E-state index contributed by atoms with van der Waals surface area (Å²) in [7, 11) is 0. The van der Waals surface area contributed by atoms with Gasteiger partial charge >= 0.3 is 5.97 Å². The third-order valence-electron chi connectivity index (χ3n) is 4.55. The second kappa shape index (κ2) is 5.80. The summed E-state index contributed by atoms with van der Waals surface area (Å²) in [6, 6.07) is 12.7. The van der Waals surface area contributed by atoms with Crippen molar-refractivity contribution in [3.05, 3.63) is 63.9 Å². The Labute approximate surface area is 149 Å². The van der Waals surface area contributed by atoms with E-state index in [9.17, 15) is 14.7 Å². The van der Waals surface area contributed by atoms with Crippen molar-refractivity contribution in [2.45, 2.75) is 20.0 Å². The highest BCUT2D eigenvalue weighted by atomic mass is 16.4. The van der Waals surface area contributed by atoms with Crippen LogP contribution in [-0.4, -0.2) is 25.8 Å². The number of nitrogens with zero attached hydrogens (tertiary/aromatic N) is 3. The van der Waals surface area contributed by atoms with Crippen molar-refractivity contribution in [2.75, 3.05) is 5.32 Å². The predicted octanol–water partition coefficient (Wildman–Crippen LogP) is 2.60. The molecule has 0 unspecified atom stereocenters. The third-order valence-corrected chi connectivity index (χ3v) is 4.55. The molecule has 0 spiro atoms. The minimum absolute atomic E-state index is 0.129. The number of carbonyl (C=O) groups is 1. The van der Waals surface area contributed by atoms with Gasteiger partial charge in [0, 0.05) is 16.8 Å². The van der Waals surface area contributed by atoms with E-state index in [1.165, 1.54) is 4.68 Å². The Kier molecular flexibility index (Phi) is 3.57. The van der Waals surface area contributed by atoms with E-state index in [2.05, 4.69) is 15.4 Å². The first-order valence-corrected chi connectivity index (χ1v) is 8.13. The summed E-state index contributed by atoms with van der Waals surface area (Å²) in [5.41, 5.74) is 3.62. The Morgan fingerprint density at radius 3 is 2.65 bits per heavy atom. The number of rotatable bonds is 2. The lowest BCUT2D eigenvalue weighted by Crippen LogP contribution is -2.35. The van der Waals surface area contributed by atoms with Crippen molar-refractivity contribution in [3.63, 3.8) is 0 Å². The van der Waals surface area contributed by atoms with E-state index in [0.717, 1.165) is 11.1 Å². The Balaban J connectivity index is 1.97. The SMILES string of the molecule is Cc1ccc(-c2nn3c(nc2=O)-c2ccccc2N[C@@H]3C(=O)O)cc1C. The minimum atomic E-state index is -1.14. The quantitative estimate of drug-likeness (QED) is 0.739. The third kappa shape index (κ3) is 2.45. The molecule has 7 heteroatoms. The van der Waals surface area contributed by atoms with Crippen molar-refractivity contribution in [1.82, 2.24) is 14.8 Å². The normalized spacial score (nSPS) is 14.9. The number of anilines is 1. The van der Waals surface area contributed by atoms with Gasteiger partial charge < -0.3 is 10.4 Å². The van der Waals surface area contributed by atoms with Crippen LogP contribution in [0.5, 0.6) is 0 Å². The molecule has 0 fully saturated rings. The molecule has 26 heavy (non-hydrogen) atoms. The molecule has 4 rings (SSSR count). The Hall–Kier alpha value is -3.48. The Morgan fingerprint density at radius 1 is 1.15 bits per heavy atom. The van der Waals surface area contributed by atoms with Crippen molar-refractivity contribution >= 4 is 11.7 Å². The predicted molar refractivity (Wildman–Crippen MR) is 96.9 cm³/mol. The van der Waals surface area contributed by atoms with Crippen LogP contribution in [0.3, 0.4) is 0 Å². The molecular weight excluding hydrogens is 332 g/mol. The first-order valence-electron chi connectivity index (χ1n) is 8.13. The average molecular weight is 348 g/mol. The number of fused-ring (bicyclic) bond motifs is 3. The molecule has 0 saturated heterocycles. The highest BCUT2D eigenvalue weighted by Gasteiger charge is 2.31. The van der Waals surface area contributed by atoms with E-state index in [4.69, 9.17) is 0 Å². The monoisotopic (exact) mass is 348 g/mol. The van der Waals surface area contributed by atoms with Gasteiger partial charge in [0.2, 0.25) is 6.17 Å². The largest absolute Gasteiger partial charge is 0.478 e. The van der Waals surface area contributed by atoms with E-state index in [1.807, 2.05) is 26.0 Å². The summed E-state index contributed by atoms with van der Waals surface area (Å²) in [4.78, 5) is 28.5. The summed E-state index contributed by atoms with van der Waals surface area (Å²) in [5.74, 6) is -0.867. The summed E-state index contributed by atoms with van der Waals surface area (Å²) >= 11 is 0. The average Bonchev–Trinajstić information content (AvgIpc) is 2.63. The van der Waals surface area contributed by atoms with Crippen molar-refractivity contribution in [1.29, 1.82) is 0 Å².